The summed E-state index contributed by atoms with van der Waals surface area (Å²) in [4.78, 5) is 25.8. The second-order valence-corrected chi connectivity index (χ2v) is 5.57. The van der Waals surface area contributed by atoms with Crippen LogP contribution in [0, 0.1) is 11.7 Å². The fourth-order valence-electron chi connectivity index (χ4n) is 2.71. The van der Waals surface area contributed by atoms with Crippen molar-refractivity contribution in [2.75, 3.05) is 23.9 Å². The molecule has 1 aliphatic heterocycles. The summed E-state index contributed by atoms with van der Waals surface area (Å²) in [6.45, 7) is 0.168. The summed E-state index contributed by atoms with van der Waals surface area (Å²) in [6.07, 6.45) is 0.0658. The standard InChI is InChI=1S/C18H17FN2O3/c1-24-14-8-6-13(7-9-14)20-18(23)12-10-17(22)21(11-12)16-5-3-2-4-15(16)19/h2-9,12H,10-11H2,1H3,(H,20,23)/t12-/m1/s1. The fourth-order valence-corrected chi connectivity index (χ4v) is 2.71. The molecule has 1 aliphatic rings. The highest BCUT2D eigenvalue weighted by molar-refractivity contribution is 6.03. The molecule has 0 unspecified atom stereocenters. The maximum absolute atomic E-state index is 13.9. The maximum atomic E-state index is 13.9. The molecule has 0 spiro atoms. The fraction of sp³-hybridized carbons (Fsp3) is 0.222. The Morgan fingerprint density at radius 1 is 1.21 bits per heavy atom. The van der Waals surface area contributed by atoms with Gasteiger partial charge in [-0.1, -0.05) is 12.1 Å². The molecule has 1 atom stereocenters. The van der Waals surface area contributed by atoms with Gasteiger partial charge in [0.05, 0.1) is 18.7 Å². The van der Waals surface area contributed by atoms with Crippen LogP contribution in [0.4, 0.5) is 15.8 Å². The maximum Gasteiger partial charge on any atom is 0.229 e. The van der Waals surface area contributed by atoms with Gasteiger partial charge in [-0.15, -0.1) is 0 Å². The minimum Gasteiger partial charge on any atom is -0.497 e. The normalized spacial score (nSPS) is 17.0. The summed E-state index contributed by atoms with van der Waals surface area (Å²) in [5.41, 5.74) is 0.833. The summed E-state index contributed by atoms with van der Waals surface area (Å²) in [5.74, 6) is -0.807. The molecule has 2 aromatic carbocycles. The Labute approximate surface area is 139 Å². The molecule has 1 heterocycles. The van der Waals surface area contributed by atoms with Gasteiger partial charge in [0.15, 0.2) is 0 Å². The first-order chi connectivity index (χ1) is 11.6. The number of carbonyl (C=O) groups excluding carboxylic acids is 2. The first kappa shape index (κ1) is 16.0. The minimum absolute atomic E-state index is 0.0658. The molecule has 24 heavy (non-hydrogen) atoms. The predicted molar refractivity (Wildman–Crippen MR) is 88.5 cm³/mol. The summed E-state index contributed by atoms with van der Waals surface area (Å²) >= 11 is 0. The zero-order valence-corrected chi connectivity index (χ0v) is 13.2. The third-order valence-electron chi connectivity index (χ3n) is 4.00. The highest BCUT2D eigenvalue weighted by Gasteiger charge is 2.36. The van der Waals surface area contributed by atoms with Gasteiger partial charge in [0.2, 0.25) is 11.8 Å². The van der Waals surface area contributed by atoms with Gasteiger partial charge in [0, 0.05) is 18.7 Å². The molecular weight excluding hydrogens is 311 g/mol. The molecular formula is C18H17FN2O3. The van der Waals surface area contributed by atoms with E-state index in [4.69, 9.17) is 4.74 Å². The average molecular weight is 328 g/mol. The number of benzene rings is 2. The number of halogens is 1. The van der Waals surface area contributed by atoms with Crippen LogP contribution in [0.25, 0.3) is 0 Å². The predicted octanol–water partition coefficient (Wildman–Crippen LogP) is 2.83. The second-order valence-electron chi connectivity index (χ2n) is 5.57. The van der Waals surface area contributed by atoms with E-state index >= 15 is 0 Å². The summed E-state index contributed by atoms with van der Waals surface area (Å²) in [5, 5.41) is 2.78. The molecule has 0 saturated carbocycles. The molecule has 1 N–H and O–H groups in total. The molecule has 2 aromatic rings. The zero-order valence-electron chi connectivity index (χ0n) is 13.2. The number of ether oxygens (including phenoxy) is 1. The number of nitrogens with one attached hydrogen (secondary N) is 1. The Balaban J connectivity index is 1.68. The number of hydrogen-bond donors (Lipinski definition) is 1. The summed E-state index contributed by atoms with van der Waals surface area (Å²) < 4.78 is 18.9. The highest BCUT2D eigenvalue weighted by Crippen LogP contribution is 2.28. The SMILES string of the molecule is COc1ccc(NC(=O)[C@@H]2CC(=O)N(c3ccccc3F)C2)cc1. The highest BCUT2D eigenvalue weighted by atomic mass is 19.1. The van der Waals surface area contributed by atoms with E-state index in [2.05, 4.69) is 5.32 Å². The van der Waals surface area contributed by atoms with Crippen molar-refractivity contribution < 1.29 is 18.7 Å². The second kappa shape index (κ2) is 6.70. The Bertz CT molecular complexity index is 761. The number of methoxy groups -OCH3 is 1. The molecule has 2 amide bonds. The third kappa shape index (κ3) is 3.22. The van der Waals surface area contributed by atoms with Crippen molar-refractivity contribution in [3.05, 3.63) is 54.3 Å². The largest absolute Gasteiger partial charge is 0.497 e. The Morgan fingerprint density at radius 3 is 2.58 bits per heavy atom. The van der Waals surface area contributed by atoms with Crippen LogP contribution in [0.2, 0.25) is 0 Å². The van der Waals surface area contributed by atoms with Crippen LogP contribution in [0.1, 0.15) is 6.42 Å². The van der Waals surface area contributed by atoms with E-state index in [0.29, 0.717) is 11.4 Å². The van der Waals surface area contributed by atoms with Gasteiger partial charge in [0.1, 0.15) is 11.6 Å². The Hall–Kier alpha value is -2.89. The number of rotatable bonds is 4. The van der Waals surface area contributed by atoms with E-state index in [1.54, 1.807) is 43.5 Å². The first-order valence-electron chi connectivity index (χ1n) is 7.58. The van der Waals surface area contributed by atoms with Gasteiger partial charge < -0.3 is 15.0 Å². The van der Waals surface area contributed by atoms with Crippen molar-refractivity contribution >= 4 is 23.2 Å². The van der Waals surface area contributed by atoms with Crippen molar-refractivity contribution in [2.45, 2.75) is 6.42 Å². The number of nitrogens with zero attached hydrogens (tertiary/aromatic N) is 1. The minimum atomic E-state index is -0.515. The summed E-state index contributed by atoms with van der Waals surface area (Å²) in [6, 6.07) is 13.0. The van der Waals surface area contributed by atoms with Crippen LogP contribution in [0.15, 0.2) is 48.5 Å². The van der Waals surface area contributed by atoms with Gasteiger partial charge in [0.25, 0.3) is 0 Å². The first-order valence-corrected chi connectivity index (χ1v) is 7.58. The van der Waals surface area contributed by atoms with E-state index in [1.165, 1.54) is 17.0 Å². The van der Waals surface area contributed by atoms with E-state index in [0.717, 1.165) is 0 Å². The quantitative estimate of drug-likeness (QED) is 0.939. The topological polar surface area (TPSA) is 58.6 Å². The summed E-state index contributed by atoms with van der Waals surface area (Å²) in [7, 11) is 1.56. The van der Waals surface area contributed by atoms with Crippen molar-refractivity contribution in [3.63, 3.8) is 0 Å². The molecule has 0 bridgehead atoms. The lowest BCUT2D eigenvalue weighted by Gasteiger charge is -2.17. The Morgan fingerprint density at radius 2 is 1.92 bits per heavy atom. The molecule has 124 valence electrons. The van der Waals surface area contributed by atoms with Crippen molar-refractivity contribution in [3.8, 4) is 5.75 Å². The number of para-hydroxylation sites is 1. The van der Waals surface area contributed by atoms with Crippen LogP contribution in [0.5, 0.6) is 5.75 Å². The van der Waals surface area contributed by atoms with Gasteiger partial charge in [-0.2, -0.15) is 0 Å². The smallest absolute Gasteiger partial charge is 0.229 e. The van der Waals surface area contributed by atoms with Gasteiger partial charge in [-0.25, -0.2) is 4.39 Å². The van der Waals surface area contributed by atoms with Crippen LogP contribution >= 0.6 is 0 Å². The van der Waals surface area contributed by atoms with Crippen molar-refractivity contribution in [1.29, 1.82) is 0 Å². The van der Waals surface area contributed by atoms with Gasteiger partial charge in [-0.05, 0) is 36.4 Å². The van der Waals surface area contributed by atoms with Crippen molar-refractivity contribution in [2.24, 2.45) is 5.92 Å². The van der Waals surface area contributed by atoms with Crippen LogP contribution in [0.3, 0.4) is 0 Å². The number of amides is 2. The number of anilines is 2. The lowest BCUT2D eigenvalue weighted by atomic mass is 10.1. The van der Waals surface area contributed by atoms with E-state index in [9.17, 15) is 14.0 Å². The molecule has 0 aliphatic carbocycles. The number of carbonyl (C=O) groups is 2. The molecule has 5 nitrogen and oxygen atoms in total. The van der Waals surface area contributed by atoms with Crippen molar-refractivity contribution in [1.82, 2.24) is 0 Å². The molecule has 0 radical (unpaired) electrons. The molecule has 6 heteroatoms. The van der Waals surface area contributed by atoms with E-state index in [-0.39, 0.29) is 30.5 Å². The van der Waals surface area contributed by atoms with E-state index < -0.39 is 11.7 Å². The molecule has 0 aromatic heterocycles. The average Bonchev–Trinajstić information content (AvgIpc) is 2.98. The van der Waals surface area contributed by atoms with E-state index in [1.807, 2.05) is 0 Å². The lowest BCUT2D eigenvalue weighted by molar-refractivity contribution is -0.122. The van der Waals surface area contributed by atoms with Crippen LogP contribution in [-0.4, -0.2) is 25.5 Å². The lowest BCUT2D eigenvalue weighted by Crippen LogP contribution is -2.28. The van der Waals surface area contributed by atoms with Gasteiger partial charge >= 0.3 is 0 Å². The monoisotopic (exact) mass is 328 g/mol. The van der Waals surface area contributed by atoms with Gasteiger partial charge in [-0.3, -0.25) is 9.59 Å². The zero-order chi connectivity index (χ0) is 17.1. The third-order valence-corrected chi connectivity index (χ3v) is 4.00. The van der Waals surface area contributed by atoms with Crippen LogP contribution in [-0.2, 0) is 9.59 Å². The number of hydrogen-bond acceptors (Lipinski definition) is 3. The molecule has 3 rings (SSSR count). The Kier molecular flexibility index (Phi) is 4.46. The molecule has 1 fully saturated rings. The van der Waals surface area contributed by atoms with Crippen LogP contribution < -0.4 is 15.0 Å². The molecule has 1 saturated heterocycles.